The molecule has 2 aromatic carbocycles. The molecule has 3 aromatic heterocycles. The zero-order valence-corrected chi connectivity index (χ0v) is 18.9. The van der Waals surface area contributed by atoms with Crippen LogP contribution < -0.4 is 5.32 Å². The van der Waals surface area contributed by atoms with Gasteiger partial charge in [0.1, 0.15) is 0 Å². The maximum Gasteiger partial charge on any atom is 0.0584 e. The van der Waals surface area contributed by atoms with Crippen molar-refractivity contribution in [2.45, 2.75) is 19.3 Å². The molecule has 32 heavy (non-hydrogen) atoms. The van der Waals surface area contributed by atoms with Gasteiger partial charge in [0.15, 0.2) is 0 Å². The highest BCUT2D eigenvalue weighted by Crippen LogP contribution is 2.39. The molecule has 0 amide bonds. The fourth-order valence-corrected chi connectivity index (χ4v) is 5.53. The molecule has 1 atom stereocenters. The molecule has 1 aliphatic heterocycles. The Hall–Kier alpha value is -3.37. The van der Waals surface area contributed by atoms with Crippen LogP contribution >= 0.6 is 0 Å². The molecular formula is C28H28N4. The van der Waals surface area contributed by atoms with Crippen LogP contribution in [-0.4, -0.2) is 27.2 Å². The minimum Gasteiger partial charge on any atom is -0.351 e. The monoisotopic (exact) mass is 420 g/mol. The summed E-state index contributed by atoms with van der Waals surface area (Å²) in [4.78, 5) is 4.97. The first-order chi connectivity index (χ1) is 15.6. The van der Waals surface area contributed by atoms with Crippen molar-refractivity contribution in [2.75, 3.05) is 13.1 Å². The van der Waals surface area contributed by atoms with Crippen LogP contribution in [0.4, 0.5) is 0 Å². The first kappa shape index (κ1) is 19.3. The fraction of sp³-hybridized carbons (Fsp3) is 0.250. The topological polar surface area (TPSA) is 34.8 Å². The summed E-state index contributed by atoms with van der Waals surface area (Å²) < 4.78 is 4.57. The molecule has 4 nitrogen and oxygen atoms in total. The molecule has 4 heterocycles. The lowest BCUT2D eigenvalue weighted by molar-refractivity contribution is 0.634. The van der Waals surface area contributed by atoms with Crippen LogP contribution in [0.2, 0.25) is 0 Å². The zero-order valence-electron chi connectivity index (χ0n) is 18.9. The van der Waals surface area contributed by atoms with Crippen molar-refractivity contribution in [3.05, 3.63) is 89.5 Å². The largest absolute Gasteiger partial charge is 0.351 e. The molecule has 0 saturated heterocycles. The van der Waals surface area contributed by atoms with E-state index in [2.05, 4.69) is 96.3 Å². The molecule has 0 saturated carbocycles. The Bertz CT molecular complexity index is 1470. The number of aryl methyl sites for hydroxylation is 3. The highest BCUT2D eigenvalue weighted by Gasteiger charge is 2.29. The van der Waals surface area contributed by atoms with Crippen LogP contribution in [0.3, 0.4) is 0 Å². The first-order valence-corrected chi connectivity index (χ1v) is 11.4. The normalized spacial score (nSPS) is 16.4. The van der Waals surface area contributed by atoms with Gasteiger partial charge in [-0.2, -0.15) is 0 Å². The Morgan fingerprint density at radius 1 is 1.00 bits per heavy atom. The van der Waals surface area contributed by atoms with Crippen molar-refractivity contribution in [3.8, 4) is 11.1 Å². The molecule has 0 spiro atoms. The van der Waals surface area contributed by atoms with E-state index < -0.39 is 0 Å². The predicted molar refractivity (Wildman–Crippen MR) is 132 cm³/mol. The number of aromatic nitrogens is 3. The number of fused-ring (bicyclic) bond motifs is 4. The summed E-state index contributed by atoms with van der Waals surface area (Å²) in [6.45, 7) is 4.07. The Kier molecular flexibility index (Phi) is 4.44. The summed E-state index contributed by atoms with van der Waals surface area (Å²) in [5, 5.41) is 6.34. The number of hydrogen-bond acceptors (Lipinski definition) is 2. The van der Waals surface area contributed by atoms with Gasteiger partial charge in [-0.1, -0.05) is 23.8 Å². The summed E-state index contributed by atoms with van der Waals surface area (Å²) in [7, 11) is 4.31. The van der Waals surface area contributed by atoms with Crippen LogP contribution in [0.1, 0.15) is 28.4 Å². The Morgan fingerprint density at radius 2 is 1.88 bits per heavy atom. The molecule has 0 fully saturated rings. The third-order valence-corrected chi connectivity index (χ3v) is 7.10. The van der Waals surface area contributed by atoms with E-state index in [1.165, 1.54) is 49.8 Å². The minimum absolute atomic E-state index is 0.202. The van der Waals surface area contributed by atoms with Gasteiger partial charge in [0, 0.05) is 66.1 Å². The summed E-state index contributed by atoms with van der Waals surface area (Å²) in [5.74, 6) is 0.202. The maximum atomic E-state index is 4.97. The quantitative estimate of drug-likeness (QED) is 0.420. The predicted octanol–water partition coefficient (Wildman–Crippen LogP) is 5.32. The molecule has 5 aromatic rings. The molecule has 0 aliphatic carbocycles. The molecule has 1 aliphatic rings. The van der Waals surface area contributed by atoms with E-state index in [-0.39, 0.29) is 5.92 Å². The number of rotatable bonds is 2. The van der Waals surface area contributed by atoms with Gasteiger partial charge in [-0.05, 0) is 67.4 Å². The van der Waals surface area contributed by atoms with Crippen molar-refractivity contribution in [1.82, 2.24) is 19.4 Å². The number of benzene rings is 2. The second kappa shape index (κ2) is 7.35. The van der Waals surface area contributed by atoms with Gasteiger partial charge in [0.25, 0.3) is 0 Å². The van der Waals surface area contributed by atoms with Crippen LogP contribution in [0.15, 0.2) is 67.0 Å². The minimum atomic E-state index is 0.202. The summed E-state index contributed by atoms with van der Waals surface area (Å²) in [6, 6.07) is 20.1. The van der Waals surface area contributed by atoms with E-state index in [4.69, 9.17) is 4.98 Å². The lowest BCUT2D eigenvalue weighted by Crippen LogP contribution is -2.23. The summed E-state index contributed by atoms with van der Waals surface area (Å²) >= 11 is 0. The van der Waals surface area contributed by atoms with Gasteiger partial charge in [-0.25, -0.2) is 0 Å². The lowest BCUT2D eigenvalue weighted by Gasteiger charge is -2.21. The Morgan fingerprint density at radius 3 is 2.78 bits per heavy atom. The molecule has 0 radical (unpaired) electrons. The average molecular weight is 421 g/mol. The number of nitrogens with one attached hydrogen (secondary N) is 1. The van der Waals surface area contributed by atoms with E-state index in [1.807, 2.05) is 6.20 Å². The average Bonchev–Trinajstić information content (AvgIpc) is 3.20. The third-order valence-electron chi connectivity index (χ3n) is 7.10. The fourth-order valence-electron chi connectivity index (χ4n) is 5.53. The van der Waals surface area contributed by atoms with Crippen LogP contribution in [-0.2, 0) is 20.5 Å². The van der Waals surface area contributed by atoms with Gasteiger partial charge in [-0.3, -0.25) is 4.98 Å². The van der Waals surface area contributed by atoms with Crippen molar-refractivity contribution < 1.29 is 0 Å². The highest BCUT2D eigenvalue weighted by atomic mass is 15.0. The maximum absolute atomic E-state index is 4.97. The molecule has 1 N–H and O–H groups in total. The van der Waals surface area contributed by atoms with E-state index in [0.717, 1.165) is 25.2 Å². The van der Waals surface area contributed by atoms with E-state index in [1.54, 1.807) is 0 Å². The molecule has 4 heteroatoms. The molecular weight excluding hydrogens is 392 g/mol. The third kappa shape index (κ3) is 2.90. The van der Waals surface area contributed by atoms with Gasteiger partial charge in [-0.15, -0.1) is 0 Å². The van der Waals surface area contributed by atoms with E-state index in [9.17, 15) is 0 Å². The first-order valence-electron chi connectivity index (χ1n) is 11.4. The van der Waals surface area contributed by atoms with Gasteiger partial charge < -0.3 is 14.5 Å². The summed E-state index contributed by atoms with van der Waals surface area (Å²) in [6.07, 6.45) is 5.11. The van der Waals surface area contributed by atoms with Gasteiger partial charge in [0.05, 0.1) is 11.6 Å². The van der Waals surface area contributed by atoms with Crippen molar-refractivity contribution in [2.24, 2.45) is 14.1 Å². The second-order valence-corrected chi connectivity index (χ2v) is 9.09. The Labute approximate surface area is 188 Å². The van der Waals surface area contributed by atoms with Crippen LogP contribution in [0, 0.1) is 6.92 Å². The molecule has 1 unspecified atom stereocenters. The molecule has 160 valence electrons. The van der Waals surface area contributed by atoms with Gasteiger partial charge >= 0.3 is 0 Å². The van der Waals surface area contributed by atoms with Crippen LogP contribution in [0.5, 0.6) is 0 Å². The zero-order chi connectivity index (χ0) is 21.8. The van der Waals surface area contributed by atoms with Crippen molar-refractivity contribution >= 4 is 21.8 Å². The van der Waals surface area contributed by atoms with Crippen LogP contribution in [0.25, 0.3) is 32.9 Å². The highest BCUT2D eigenvalue weighted by molar-refractivity contribution is 5.88. The number of pyridine rings is 1. The summed E-state index contributed by atoms with van der Waals surface area (Å²) in [5.41, 5.74) is 10.4. The Balaban J connectivity index is 1.56. The SMILES string of the molecule is Cc1ccc2c(c1)c1c(n2C)C(c2ncccc2-c2ccc3c(ccn3C)c2)CNCC1. The second-order valence-electron chi connectivity index (χ2n) is 9.09. The lowest BCUT2D eigenvalue weighted by atomic mass is 9.90. The number of nitrogens with zero attached hydrogens (tertiary/aromatic N) is 3. The number of hydrogen-bond donors (Lipinski definition) is 1. The standard InChI is InChI=1S/C28H28N4/c1-18-6-8-26-23(15-18)22-10-13-29-17-24(28(22)32(26)3)27-21(5-4-12-30-27)19-7-9-25-20(16-19)11-14-31(25)2/h4-9,11-12,14-16,24,29H,10,13,17H2,1-3H3. The van der Waals surface area contributed by atoms with E-state index >= 15 is 0 Å². The van der Waals surface area contributed by atoms with Gasteiger partial charge in [0.2, 0.25) is 0 Å². The molecule has 6 rings (SSSR count). The van der Waals surface area contributed by atoms with E-state index in [0.29, 0.717) is 0 Å². The smallest absolute Gasteiger partial charge is 0.0584 e. The van der Waals surface area contributed by atoms with Crippen molar-refractivity contribution in [3.63, 3.8) is 0 Å². The molecule has 0 bridgehead atoms. The van der Waals surface area contributed by atoms with Crippen molar-refractivity contribution in [1.29, 1.82) is 0 Å².